The predicted octanol–water partition coefficient (Wildman–Crippen LogP) is 0.0672. The zero-order valence-electron chi connectivity index (χ0n) is 13.1. The Kier molecular flexibility index (Phi) is 5.81. The van der Waals surface area contributed by atoms with Crippen LogP contribution in [0, 0.1) is 11.8 Å². The van der Waals surface area contributed by atoms with E-state index in [9.17, 15) is 4.79 Å². The Hall–Kier alpha value is -0.650. The van der Waals surface area contributed by atoms with Gasteiger partial charge in [0, 0.05) is 32.7 Å². The summed E-state index contributed by atoms with van der Waals surface area (Å²) < 4.78 is 0. The molecular weight excluding hydrogens is 252 g/mol. The molecular formula is C15H30N4O. The maximum atomic E-state index is 12.4. The summed E-state index contributed by atoms with van der Waals surface area (Å²) in [7, 11) is 2.12. The maximum Gasteiger partial charge on any atom is 0.236 e. The van der Waals surface area contributed by atoms with Crippen LogP contribution in [0.3, 0.4) is 0 Å². The minimum Gasteiger partial charge on any atom is -0.339 e. The first-order chi connectivity index (χ1) is 9.63. The van der Waals surface area contributed by atoms with Crippen LogP contribution in [-0.2, 0) is 4.79 Å². The van der Waals surface area contributed by atoms with Crippen molar-refractivity contribution in [1.29, 1.82) is 0 Å². The van der Waals surface area contributed by atoms with E-state index in [1.807, 2.05) is 4.90 Å². The van der Waals surface area contributed by atoms with E-state index in [2.05, 4.69) is 23.8 Å². The summed E-state index contributed by atoms with van der Waals surface area (Å²) in [5.74, 6) is 1.61. The van der Waals surface area contributed by atoms with E-state index >= 15 is 0 Å². The Bertz CT molecular complexity index is 315. The Morgan fingerprint density at radius 1 is 1.15 bits per heavy atom. The van der Waals surface area contributed by atoms with Crippen molar-refractivity contribution in [2.24, 2.45) is 17.6 Å². The molecule has 0 bridgehead atoms. The van der Waals surface area contributed by atoms with E-state index in [1.165, 1.54) is 6.42 Å². The number of rotatable bonds is 4. The number of hydrogen-bond acceptors (Lipinski definition) is 4. The molecule has 2 aliphatic rings. The number of likely N-dealkylation sites (N-methyl/N-ethyl adjacent to an activating group) is 1. The summed E-state index contributed by atoms with van der Waals surface area (Å²) in [4.78, 5) is 19.0. The van der Waals surface area contributed by atoms with Gasteiger partial charge in [-0.25, -0.2) is 0 Å². The third kappa shape index (κ3) is 3.93. The zero-order valence-corrected chi connectivity index (χ0v) is 13.1. The van der Waals surface area contributed by atoms with Crippen LogP contribution in [0.4, 0.5) is 0 Å². The molecule has 2 rings (SSSR count). The molecule has 20 heavy (non-hydrogen) atoms. The van der Waals surface area contributed by atoms with Crippen molar-refractivity contribution < 1.29 is 4.79 Å². The van der Waals surface area contributed by atoms with E-state index in [4.69, 9.17) is 5.73 Å². The van der Waals surface area contributed by atoms with Gasteiger partial charge in [-0.1, -0.05) is 13.3 Å². The Morgan fingerprint density at radius 3 is 2.45 bits per heavy atom. The maximum absolute atomic E-state index is 12.4. The number of hydrogen-bond donors (Lipinski definition) is 1. The minimum absolute atomic E-state index is 0.305. The molecule has 0 aromatic rings. The van der Waals surface area contributed by atoms with Crippen molar-refractivity contribution in [1.82, 2.24) is 14.7 Å². The molecule has 116 valence electrons. The van der Waals surface area contributed by atoms with Gasteiger partial charge in [0.25, 0.3) is 0 Å². The fourth-order valence-electron chi connectivity index (χ4n) is 3.42. The lowest BCUT2D eigenvalue weighted by molar-refractivity contribution is -0.134. The van der Waals surface area contributed by atoms with Crippen molar-refractivity contribution >= 4 is 5.91 Å². The molecule has 0 aromatic carbocycles. The SMILES string of the molecule is CCC1CN(CC(=O)N2CCN(C)CC2)CCC1CN. The molecule has 0 aromatic heterocycles. The van der Waals surface area contributed by atoms with Crippen molar-refractivity contribution in [2.75, 3.05) is 59.4 Å². The molecule has 0 radical (unpaired) electrons. The van der Waals surface area contributed by atoms with Gasteiger partial charge in [-0.15, -0.1) is 0 Å². The van der Waals surface area contributed by atoms with Gasteiger partial charge >= 0.3 is 0 Å². The number of amides is 1. The number of piperidine rings is 1. The van der Waals surface area contributed by atoms with E-state index in [0.29, 0.717) is 24.3 Å². The number of carbonyl (C=O) groups is 1. The molecule has 5 nitrogen and oxygen atoms in total. The number of nitrogens with zero attached hydrogens (tertiary/aromatic N) is 3. The quantitative estimate of drug-likeness (QED) is 0.793. The second-order valence-corrected chi connectivity index (χ2v) is 6.37. The first-order valence-electron chi connectivity index (χ1n) is 8.02. The summed E-state index contributed by atoms with van der Waals surface area (Å²) >= 11 is 0. The molecule has 2 atom stereocenters. The van der Waals surface area contributed by atoms with E-state index < -0.39 is 0 Å². The van der Waals surface area contributed by atoms with Crippen LogP contribution < -0.4 is 5.73 Å². The lowest BCUT2D eigenvalue weighted by Crippen LogP contribution is -2.52. The molecule has 1 amide bonds. The summed E-state index contributed by atoms with van der Waals surface area (Å²) in [6.07, 6.45) is 2.31. The van der Waals surface area contributed by atoms with E-state index in [-0.39, 0.29) is 0 Å². The average Bonchev–Trinajstić information content (AvgIpc) is 2.47. The zero-order chi connectivity index (χ0) is 14.5. The fourth-order valence-corrected chi connectivity index (χ4v) is 3.42. The minimum atomic E-state index is 0.305. The Labute approximate surface area is 123 Å². The van der Waals surface area contributed by atoms with Crippen LogP contribution in [-0.4, -0.2) is 80.0 Å². The highest BCUT2D eigenvalue weighted by molar-refractivity contribution is 5.78. The largest absolute Gasteiger partial charge is 0.339 e. The van der Waals surface area contributed by atoms with Crippen molar-refractivity contribution in [2.45, 2.75) is 19.8 Å². The first kappa shape index (κ1) is 15.7. The third-order valence-electron chi connectivity index (χ3n) is 5.02. The van der Waals surface area contributed by atoms with Crippen LogP contribution in [0.1, 0.15) is 19.8 Å². The summed E-state index contributed by atoms with van der Waals surface area (Å²) in [5.41, 5.74) is 5.85. The molecule has 5 heteroatoms. The van der Waals surface area contributed by atoms with Gasteiger partial charge in [0.05, 0.1) is 6.54 Å². The highest BCUT2D eigenvalue weighted by Gasteiger charge is 2.29. The normalized spacial score (nSPS) is 29.6. The van der Waals surface area contributed by atoms with Gasteiger partial charge in [-0.2, -0.15) is 0 Å². The monoisotopic (exact) mass is 282 g/mol. The van der Waals surface area contributed by atoms with Gasteiger partial charge in [0.1, 0.15) is 0 Å². The standard InChI is InChI=1S/C15H30N4O/c1-3-13-11-18(5-4-14(13)10-16)12-15(20)19-8-6-17(2)7-9-19/h13-14H,3-12,16H2,1-2H3. The van der Waals surface area contributed by atoms with Crippen LogP contribution in [0.5, 0.6) is 0 Å². The Morgan fingerprint density at radius 2 is 1.85 bits per heavy atom. The average molecular weight is 282 g/mol. The van der Waals surface area contributed by atoms with Crippen LogP contribution in [0.15, 0.2) is 0 Å². The summed E-state index contributed by atoms with van der Waals surface area (Å²) in [6.45, 7) is 9.44. The van der Waals surface area contributed by atoms with Crippen molar-refractivity contribution in [3.63, 3.8) is 0 Å². The highest BCUT2D eigenvalue weighted by Crippen LogP contribution is 2.25. The molecule has 2 N–H and O–H groups in total. The molecule has 0 saturated carbocycles. The molecule has 0 spiro atoms. The summed E-state index contributed by atoms with van der Waals surface area (Å²) in [6, 6.07) is 0. The van der Waals surface area contributed by atoms with E-state index in [1.54, 1.807) is 0 Å². The third-order valence-corrected chi connectivity index (χ3v) is 5.02. The smallest absolute Gasteiger partial charge is 0.236 e. The van der Waals surface area contributed by atoms with E-state index in [0.717, 1.165) is 52.2 Å². The fraction of sp³-hybridized carbons (Fsp3) is 0.933. The van der Waals surface area contributed by atoms with Crippen LogP contribution >= 0.6 is 0 Å². The second-order valence-electron chi connectivity index (χ2n) is 6.37. The van der Waals surface area contributed by atoms with Crippen molar-refractivity contribution in [3.8, 4) is 0 Å². The molecule has 2 fully saturated rings. The lowest BCUT2D eigenvalue weighted by atomic mass is 9.84. The molecule has 2 unspecified atom stereocenters. The lowest BCUT2D eigenvalue weighted by Gasteiger charge is -2.39. The van der Waals surface area contributed by atoms with Gasteiger partial charge in [-0.3, -0.25) is 9.69 Å². The summed E-state index contributed by atoms with van der Waals surface area (Å²) in [5, 5.41) is 0. The van der Waals surface area contributed by atoms with Gasteiger partial charge in [0.2, 0.25) is 5.91 Å². The number of piperazine rings is 1. The van der Waals surface area contributed by atoms with Crippen molar-refractivity contribution in [3.05, 3.63) is 0 Å². The number of carbonyl (C=O) groups excluding carboxylic acids is 1. The molecule has 2 aliphatic heterocycles. The van der Waals surface area contributed by atoms with Gasteiger partial charge < -0.3 is 15.5 Å². The second kappa shape index (κ2) is 7.38. The number of nitrogens with two attached hydrogens (primary N) is 1. The topological polar surface area (TPSA) is 52.8 Å². The molecule has 2 heterocycles. The van der Waals surface area contributed by atoms with Gasteiger partial charge in [0.15, 0.2) is 0 Å². The first-order valence-corrected chi connectivity index (χ1v) is 8.02. The van der Waals surface area contributed by atoms with Gasteiger partial charge in [-0.05, 0) is 38.4 Å². The van der Waals surface area contributed by atoms with Crippen LogP contribution in [0.2, 0.25) is 0 Å². The number of likely N-dealkylation sites (tertiary alicyclic amines) is 1. The highest BCUT2D eigenvalue weighted by atomic mass is 16.2. The Balaban J connectivity index is 1.80. The predicted molar refractivity (Wildman–Crippen MR) is 81.5 cm³/mol. The van der Waals surface area contributed by atoms with Crippen LogP contribution in [0.25, 0.3) is 0 Å². The molecule has 2 saturated heterocycles. The molecule has 0 aliphatic carbocycles.